The van der Waals surface area contributed by atoms with Crippen molar-refractivity contribution in [2.24, 2.45) is 0 Å². The van der Waals surface area contributed by atoms with Crippen LogP contribution in [0.1, 0.15) is 12.0 Å². The Kier molecular flexibility index (Phi) is 4.07. The molecular formula is C18H16ClN2O4+. The zero-order valence-electron chi connectivity index (χ0n) is 13.3. The number of ether oxygens (including phenoxy) is 2. The van der Waals surface area contributed by atoms with Gasteiger partial charge >= 0.3 is 0 Å². The van der Waals surface area contributed by atoms with Crippen LogP contribution < -0.4 is 19.7 Å². The molecule has 7 heteroatoms. The zero-order chi connectivity index (χ0) is 17.4. The number of fused-ring (bicyclic) bond motifs is 1. The van der Waals surface area contributed by atoms with E-state index in [2.05, 4.69) is 0 Å². The Labute approximate surface area is 149 Å². The van der Waals surface area contributed by atoms with Crippen LogP contribution in [-0.2, 0) is 16.1 Å². The summed E-state index contributed by atoms with van der Waals surface area (Å²) in [5, 5.41) is 2.37. The molecule has 4 rings (SSSR count). The molecular weight excluding hydrogens is 344 g/mol. The second-order valence-electron chi connectivity index (χ2n) is 5.99. The van der Waals surface area contributed by atoms with Crippen LogP contribution in [0.15, 0.2) is 42.5 Å². The number of quaternary nitrogens is 1. The van der Waals surface area contributed by atoms with Crippen molar-refractivity contribution in [1.82, 2.24) is 0 Å². The van der Waals surface area contributed by atoms with E-state index in [0.717, 1.165) is 11.3 Å². The van der Waals surface area contributed by atoms with Gasteiger partial charge in [-0.05, 0) is 36.4 Å². The molecule has 6 nitrogen and oxygen atoms in total. The average Bonchev–Trinajstić information content (AvgIpc) is 3.16. The first-order valence-corrected chi connectivity index (χ1v) is 8.34. The third-order valence-electron chi connectivity index (χ3n) is 4.32. The predicted octanol–water partition coefficient (Wildman–Crippen LogP) is 1.46. The van der Waals surface area contributed by atoms with Crippen LogP contribution >= 0.6 is 11.6 Å². The van der Waals surface area contributed by atoms with Gasteiger partial charge in [0.15, 0.2) is 17.5 Å². The first kappa shape index (κ1) is 15.9. The van der Waals surface area contributed by atoms with Crippen LogP contribution in [0.4, 0.5) is 5.69 Å². The molecule has 1 fully saturated rings. The molecule has 128 valence electrons. The van der Waals surface area contributed by atoms with Gasteiger partial charge in [0, 0.05) is 10.6 Å². The lowest BCUT2D eigenvalue weighted by Crippen LogP contribution is -2.90. The van der Waals surface area contributed by atoms with Gasteiger partial charge in [0.1, 0.15) is 6.54 Å². The van der Waals surface area contributed by atoms with E-state index in [1.54, 1.807) is 24.3 Å². The maximum Gasteiger partial charge on any atom is 0.292 e. The van der Waals surface area contributed by atoms with Gasteiger partial charge in [0.25, 0.3) is 5.91 Å². The lowest BCUT2D eigenvalue weighted by Gasteiger charge is -2.14. The fourth-order valence-corrected chi connectivity index (χ4v) is 3.26. The number of amides is 2. The van der Waals surface area contributed by atoms with Crippen molar-refractivity contribution in [3.05, 3.63) is 53.1 Å². The molecule has 0 spiro atoms. The number of carbonyl (C=O) groups is 2. The van der Waals surface area contributed by atoms with E-state index in [9.17, 15) is 9.59 Å². The monoisotopic (exact) mass is 359 g/mol. The first-order valence-electron chi connectivity index (χ1n) is 7.96. The van der Waals surface area contributed by atoms with Crippen molar-refractivity contribution < 1.29 is 24.4 Å². The molecule has 1 atom stereocenters. The number of hydrogen-bond donors (Lipinski definition) is 1. The van der Waals surface area contributed by atoms with Crippen molar-refractivity contribution in [2.75, 3.05) is 11.7 Å². The molecule has 2 aromatic rings. The third-order valence-corrected chi connectivity index (χ3v) is 4.56. The summed E-state index contributed by atoms with van der Waals surface area (Å²) in [5.41, 5.74) is 1.52. The van der Waals surface area contributed by atoms with E-state index in [1.165, 1.54) is 4.90 Å². The Morgan fingerprint density at radius 2 is 1.96 bits per heavy atom. The summed E-state index contributed by atoms with van der Waals surface area (Å²) in [6.07, 6.45) is 0.176. The minimum absolute atomic E-state index is 0.176. The molecule has 2 aromatic carbocycles. The van der Waals surface area contributed by atoms with Crippen LogP contribution in [0.25, 0.3) is 0 Å². The second-order valence-corrected chi connectivity index (χ2v) is 6.42. The molecule has 2 N–H and O–H groups in total. The van der Waals surface area contributed by atoms with E-state index in [-0.39, 0.29) is 25.0 Å². The molecule has 1 saturated heterocycles. The second kappa shape index (κ2) is 6.38. The number of halogens is 1. The molecule has 0 bridgehead atoms. The highest BCUT2D eigenvalue weighted by molar-refractivity contribution is 6.31. The molecule has 2 amide bonds. The number of hydrogen-bond acceptors (Lipinski definition) is 4. The Hall–Kier alpha value is -2.57. The molecule has 25 heavy (non-hydrogen) atoms. The van der Waals surface area contributed by atoms with E-state index in [0.29, 0.717) is 23.0 Å². The predicted molar refractivity (Wildman–Crippen MR) is 90.5 cm³/mol. The Balaban J connectivity index is 1.45. The number of carbonyl (C=O) groups excluding carboxylic acids is 2. The number of nitrogens with two attached hydrogens (primary N) is 1. The summed E-state index contributed by atoms with van der Waals surface area (Å²) in [7, 11) is 0. The molecule has 0 saturated carbocycles. The van der Waals surface area contributed by atoms with E-state index in [1.807, 2.05) is 23.5 Å². The SMILES string of the molecule is O=C1C[C@H]([NH2+]Cc2ccc3c(c2)OCO3)C(=O)N1c1cccc(Cl)c1. The van der Waals surface area contributed by atoms with Crippen LogP contribution in [0.2, 0.25) is 5.02 Å². The van der Waals surface area contributed by atoms with Crippen LogP contribution in [0.3, 0.4) is 0 Å². The van der Waals surface area contributed by atoms with E-state index >= 15 is 0 Å². The van der Waals surface area contributed by atoms with Gasteiger partial charge in [-0.25, -0.2) is 4.90 Å². The normalized spacial score (nSPS) is 18.9. The summed E-state index contributed by atoms with van der Waals surface area (Å²) in [4.78, 5) is 26.1. The Bertz CT molecular complexity index is 855. The molecule has 2 aliphatic heterocycles. The zero-order valence-corrected chi connectivity index (χ0v) is 14.0. The number of anilines is 1. The summed E-state index contributed by atoms with van der Waals surface area (Å²) < 4.78 is 10.6. The van der Waals surface area contributed by atoms with Crippen LogP contribution in [0.5, 0.6) is 11.5 Å². The molecule has 0 radical (unpaired) electrons. The third kappa shape index (κ3) is 3.06. The average molecular weight is 360 g/mol. The quantitative estimate of drug-likeness (QED) is 0.839. The highest BCUT2D eigenvalue weighted by Crippen LogP contribution is 2.32. The summed E-state index contributed by atoms with van der Waals surface area (Å²) in [6, 6.07) is 12.0. The number of rotatable bonds is 4. The smallest absolute Gasteiger partial charge is 0.292 e. The largest absolute Gasteiger partial charge is 0.454 e. The molecule has 0 aliphatic carbocycles. The highest BCUT2D eigenvalue weighted by Gasteiger charge is 2.42. The van der Waals surface area contributed by atoms with Crippen molar-refractivity contribution in [1.29, 1.82) is 0 Å². The maximum absolute atomic E-state index is 12.6. The fraction of sp³-hybridized carbons (Fsp3) is 0.222. The van der Waals surface area contributed by atoms with Crippen LogP contribution in [-0.4, -0.2) is 24.6 Å². The van der Waals surface area contributed by atoms with Crippen molar-refractivity contribution in [3.63, 3.8) is 0 Å². The lowest BCUT2D eigenvalue weighted by molar-refractivity contribution is -0.690. The molecule has 0 unspecified atom stereocenters. The molecule has 2 aliphatic rings. The molecule has 2 heterocycles. The van der Waals surface area contributed by atoms with E-state index in [4.69, 9.17) is 21.1 Å². The van der Waals surface area contributed by atoms with Crippen molar-refractivity contribution in [3.8, 4) is 11.5 Å². The van der Waals surface area contributed by atoms with Gasteiger partial charge < -0.3 is 14.8 Å². The van der Waals surface area contributed by atoms with Gasteiger partial charge in [-0.1, -0.05) is 17.7 Å². The fourth-order valence-electron chi connectivity index (χ4n) is 3.07. The van der Waals surface area contributed by atoms with Crippen molar-refractivity contribution in [2.45, 2.75) is 19.0 Å². The topological polar surface area (TPSA) is 72.5 Å². The lowest BCUT2D eigenvalue weighted by atomic mass is 10.1. The van der Waals surface area contributed by atoms with Crippen molar-refractivity contribution >= 4 is 29.1 Å². The first-order chi connectivity index (χ1) is 12.1. The van der Waals surface area contributed by atoms with Gasteiger partial charge in [0.05, 0.1) is 12.1 Å². The number of benzene rings is 2. The number of imide groups is 1. The van der Waals surface area contributed by atoms with Gasteiger partial charge in [0.2, 0.25) is 12.7 Å². The Morgan fingerprint density at radius 1 is 1.12 bits per heavy atom. The van der Waals surface area contributed by atoms with E-state index < -0.39 is 6.04 Å². The summed E-state index contributed by atoms with van der Waals surface area (Å²) in [6.45, 7) is 0.802. The minimum Gasteiger partial charge on any atom is -0.454 e. The van der Waals surface area contributed by atoms with Crippen LogP contribution in [0, 0.1) is 0 Å². The summed E-state index contributed by atoms with van der Waals surface area (Å²) >= 11 is 5.96. The highest BCUT2D eigenvalue weighted by atomic mass is 35.5. The van der Waals surface area contributed by atoms with Gasteiger partial charge in [-0.2, -0.15) is 0 Å². The van der Waals surface area contributed by atoms with Gasteiger partial charge in [-0.3, -0.25) is 9.59 Å². The number of nitrogens with zero attached hydrogens (tertiary/aromatic N) is 1. The summed E-state index contributed by atoms with van der Waals surface area (Å²) in [5.74, 6) is 1.01. The molecule has 0 aromatic heterocycles. The standard InChI is InChI=1S/C18H15ClN2O4/c19-12-2-1-3-13(7-12)21-17(22)8-14(18(21)23)20-9-11-4-5-15-16(6-11)25-10-24-15/h1-7,14,20H,8-10H2/p+1/t14-/m0/s1. The Morgan fingerprint density at radius 3 is 2.80 bits per heavy atom. The minimum atomic E-state index is -0.433. The van der Waals surface area contributed by atoms with Gasteiger partial charge in [-0.15, -0.1) is 0 Å². The maximum atomic E-state index is 12.6.